The largest absolute Gasteiger partial charge is 0.373 e. The monoisotopic (exact) mass is 389 g/mol. The van der Waals surface area contributed by atoms with Crippen LogP contribution in [-0.2, 0) is 6.42 Å². The molecule has 1 unspecified atom stereocenters. The van der Waals surface area contributed by atoms with Crippen molar-refractivity contribution in [2.24, 2.45) is 0 Å². The fourth-order valence-corrected chi connectivity index (χ4v) is 3.87. The first kappa shape index (κ1) is 18.2. The van der Waals surface area contributed by atoms with Gasteiger partial charge in [0.05, 0.1) is 11.9 Å². The van der Waals surface area contributed by atoms with Crippen LogP contribution in [0.1, 0.15) is 10.6 Å². The van der Waals surface area contributed by atoms with E-state index < -0.39 is 6.23 Å². The number of aliphatic hydroxyl groups excluding tert-OH is 1. The van der Waals surface area contributed by atoms with Crippen LogP contribution in [0.15, 0.2) is 67.4 Å². The molecule has 4 aromatic heterocycles. The van der Waals surface area contributed by atoms with Crippen molar-refractivity contribution in [1.29, 1.82) is 0 Å². The van der Waals surface area contributed by atoms with Crippen LogP contribution in [0.5, 0.6) is 0 Å². The number of thiophene rings is 1. The molecule has 7 heteroatoms. The van der Waals surface area contributed by atoms with Gasteiger partial charge in [0.25, 0.3) is 0 Å². The molecule has 0 fully saturated rings. The fraction of sp³-hybridized carbons (Fsp3) is 0.143. The Morgan fingerprint density at radius 3 is 2.64 bits per heavy atom. The smallest absolute Gasteiger partial charge is 0.130 e. The van der Waals surface area contributed by atoms with E-state index in [2.05, 4.69) is 37.4 Å². The lowest BCUT2D eigenvalue weighted by atomic mass is 10.2. The van der Waals surface area contributed by atoms with Crippen molar-refractivity contribution in [2.45, 2.75) is 19.6 Å². The van der Waals surface area contributed by atoms with E-state index >= 15 is 0 Å². The lowest BCUT2D eigenvalue weighted by Gasteiger charge is -2.12. The van der Waals surface area contributed by atoms with E-state index in [0.717, 1.165) is 27.4 Å². The zero-order chi connectivity index (χ0) is 19.3. The third-order valence-electron chi connectivity index (χ3n) is 4.17. The van der Waals surface area contributed by atoms with E-state index in [1.165, 1.54) is 4.88 Å². The molecule has 0 aliphatic heterocycles. The van der Waals surface area contributed by atoms with Crippen LogP contribution in [0.3, 0.4) is 0 Å². The van der Waals surface area contributed by atoms with Gasteiger partial charge in [0.15, 0.2) is 0 Å². The Labute approximate surface area is 167 Å². The highest BCUT2D eigenvalue weighted by atomic mass is 32.1. The molecule has 0 saturated carbocycles. The molecule has 0 radical (unpaired) electrons. The van der Waals surface area contributed by atoms with Crippen LogP contribution in [-0.4, -0.2) is 31.3 Å². The number of hydrogen-bond donors (Lipinski definition) is 2. The first-order chi connectivity index (χ1) is 13.7. The van der Waals surface area contributed by atoms with Crippen LogP contribution in [0.25, 0.3) is 21.7 Å². The molecule has 0 bridgehead atoms. The van der Waals surface area contributed by atoms with Crippen molar-refractivity contribution in [3.63, 3.8) is 0 Å². The number of nitrogens with zero attached hydrogens (tertiary/aromatic N) is 4. The highest BCUT2D eigenvalue weighted by Crippen LogP contribution is 2.29. The molecule has 6 nitrogen and oxygen atoms in total. The second kappa shape index (κ2) is 8.24. The molecule has 4 aromatic rings. The maximum absolute atomic E-state index is 10.4. The van der Waals surface area contributed by atoms with Gasteiger partial charge in [0, 0.05) is 52.2 Å². The number of rotatable bonds is 6. The molecular formula is C21H19N5OS. The molecule has 0 saturated heterocycles. The molecule has 140 valence electrons. The van der Waals surface area contributed by atoms with Gasteiger partial charge in [-0.05, 0) is 48.9 Å². The Hall–Kier alpha value is -3.16. The minimum Gasteiger partial charge on any atom is -0.373 e. The Morgan fingerprint density at radius 1 is 0.964 bits per heavy atom. The van der Waals surface area contributed by atoms with E-state index in [1.54, 1.807) is 36.1 Å². The average Bonchev–Trinajstić information content (AvgIpc) is 3.17. The van der Waals surface area contributed by atoms with E-state index in [4.69, 9.17) is 0 Å². The zero-order valence-corrected chi connectivity index (χ0v) is 16.1. The first-order valence-electron chi connectivity index (χ1n) is 8.86. The Balaban J connectivity index is 1.39. The second-order valence-corrected chi connectivity index (χ2v) is 7.51. The molecule has 2 N–H and O–H groups in total. The Morgan fingerprint density at radius 2 is 1.89 bits per heavy atom. The van der Waals surface area contributed by atoms with Gasteiger partial charge in [-0.2, -0.15) is 0 Å². The number of hydrogen-bond acceptors (Lipinski definition) is 7. The predicted molar refractivity (Wildman–Crippen MR) is 111 cm³/mol. The van der Waals surface area contributed by atoms with Gasteiger partial charge in [-0.15, -0.1) is 11.3 Å². The number of aryl methyl sites for hydroxylation is 1. The van der Waals surface area contributed by atoms with Crippen LogP contribution < -0.4 is 5.32 Å². The average molecular weight is 389 g/mol. The summed E-state index contributed by atoms with van der Waals surface area (Å²) in [5, 5.41) is 13.4. The molecule has 4 rings (SSSR count). The summed E-state index contributed by atoms with van der Waals surface area (Å²) in [6, 6.07) is 11.9. The summed E-state index contributed by atoms with van der Waals surface area (Å²) >= 11 is 1.67. The zero-order valence-electron chi connectivity index (χ0n) is 15.3. The molecular weight excluding hydrogens is 370 g/mol. The second-order valence-electron chi connectivity index (χ2n) is 6.34. The summed E-state index contributed by atoms with van der Waals surface area (Å²) in [4.78, 5) is 19.2. The van der Waals surface area contributed by atoms with Crippen molar-refractivity contribution < 1.29 is 5.11 Å². The quantitative estimate of drug-likeness (QED) is 0.486. The van der Waals surface area contributed by atoms with Crippen LogP contribution >= 0.6 is 11.3 Å². The van der Waals surface area contributed by atoms with Gasteiger partial charge in [0.2, 0.25) is 0 Å². The van der Waals surface area contributed by atoms with Crippen LogP contribution in [0, 0.1) is 6.92 Å². The lowest BCUT2D eigenvalue weighted by Crippen LogP contribution is -2.21. The number of nitrogens with one attached hydrogen (secondary N) is 1. The number of aromatic nitrogens is 4. The van der Waals surface area contributed by atoms with Crippen molar-refractivity contribution in [3.8, 4) is 21.7 Å². The third-order valence-corrected chi connectivity index (χ3v) is 5.33. The molecule has 0 aliphatic carbocycles. The molecule has 0 spiro atoms. The van der Waals surface area contributed by atoms with Gasteiger partial charge in [-0.25, -0.2) is 4.98 Å². The first-order valence-corrected chi connectivity index (χ1v) is 9.68. The predicted octanol–water partition coefficient (Wildman–Crippen LogP) is 3.94. The minimum atomic E-state index is -0.722. The van der Waals surface area contributed by atoms with Crippen molar-refractivity contribution in [2.75, 3.05) is 5.32 Å². The molecule has 1 atom stereocenters. The normalized spacial score (nSPS) is 11.9. The topological polar surface area (TPSA) is 83.8 Å². The summed E-state index contributed by atoms with van der Waals surface area (Å²) in [7, 11) is 0. The highest BCUT2D eigenvalue weighted by molar-refractivity contribution is 7.15. The van der Waals surface area contributed by atoms with E-state index in [-0.39, 0.29) is 0 Å². The highest BCUT2D eigenvalue weighted by Gasteiger charge is 2.10. The third kappa shape index (κ3) is 4.39. The lowest BCUT2D eigenvalue weighted by molar-refractivity contribution is 0.204. The van der Waals surface area contributed by atoms with Gasteiger partial charge in [-0.3, -0.25) is 15.0 Å². The fourth-order valence-electron chi connectivity index (χ4n) is 2.83. The Kier molecular flexibility index (Phi) is 5.36. The van der Waals surface area contributed by atoms with Gasteiger partial charge in [0.1, 0.15) is 12.0 Å². The van der Waals surface area contributed by atoms with Gasteiger partial charge in [-0.1, -0.05) is 0 Å². The summed E-state index contributed by atoms with van der Waals surface area (Å²) in [5.74, 6) is 0.613. The van der Waals surface area contributed by atoms with E-state index in [9.17, 15) is 5.11 Å². The summed E-state index contributed by atoms with van der Waals surface area (Å²) in [5.41, 5.74) is 3.78. The maximum atomic E-state index is 10.4. The van der Waals surface area contributed by atoms with Crippen molar-refractivity contribution >= 4 is 17.2 Å². The summed E-state index contributed by atoms with van der Waals surface area (Å²) < 4.78 is 0. The minimum absolute atomic E-state index is 0.502. The summed E-state index contributed by atoms with van der Waals surface area (Å²) in [6.07, 6.45) is 8.29. The number of pyridine rings is 2. The molecule has 4 heterocycles. The van der Waals surface area contributed by atoms with Crippen molar-refractivity contribution in [3.05, 3.63) is 78.0 Å². The SMILES string of the molecule is Cc1cc(-c2ccc(CC(O)Nc3ccc(-c4cnccn4)cn3)s2)ccn1. The van der Waals surface area contributed by atoms with Crippen LogP contribution in [0.2, 0.25) is 0 Å². The standard InChI is InChI=1S/C21H19N5OS/c1-14-10-15(6-7-23-14)19-4-3-17(28-19)11-21(27)26-20-5-2-16(12-25-20)18-13-22-8-9-24-18/h2-10,12-13,21,27H,11H2,1H3,(H,25,26). The maximum Gasteiger partial charge on any atom is 0.130 e. The molecule has 0 aromatic carbocycles. The Bertz CT molecular complexity index is 1050. The van der Waals surface area contributed by atoms with Gasteiger partial charge < -0.3 is 10.4 Å². The van der Waals surface area contributed by atoms with Crippen molar-refractivity contribution in [1.82, 2.24) is 19.9 Å². The van der Waals surface area contributed by atoms with E-state index in [0.29, 0.717) is 12.2 Å². The molecule has 0 aliphatic rings. The number of aliphatic hydroxyl groups is 1. The molecule has 28 heavy (non-hydrogen) atoms. The summed E-state index contributed by atoms with van der Waals surface area (Å²) in [6.45, 7) is 1.98. The van der Waals surface area contributed by atoms with E-state index in [1.807, 2.05) is 37.4 Å². The number of anilines is 1. The molecule has 0 amide bonds. The van der Waals surface area contributed by atoms with Crippen LogP contribution in [0.4, 0.5) is 5.82 Å². The van der Waals surface area contributed by atoms with Gasteiger partial charge >= 0.3 is 0 Å².